The van der Waals surface area contributed by atoms with Crippen molar-refractivity contribution in [3.63, 3.8) is 0 Å². The Hall–Kier alpha value is -1.79. The Balaban J connectivity index is 1.72. The molecule has 1 aliphatic carbocycles. The van der Waals surface area contributed by atoms with Gasteiger partial charge in [-0.05, 0) is 82.4 Å². The Morgan fingerprint density at radius 1 is 1.15 bits per heavy atom. The number of carbonyl (C=O) groups excluding carboxylic acids is 2. The second-order valence-corrected chi connectivity index (χ2v) is 11.6. The first-order valence-corrected chi connectivity index (χ1v) is 13.2. The van der Waals surface area contributed by atoms with Gasteiger partial charge in [0.25, 0.3) is 0 Å². The molecule has 2 unspecified atom stereocenters. The molecule has 1 aromatic rings. The van der Waals surface area contributed by atoms with Gasteiger partial charge in [0.05, 0.1) is 0 Å². The molecular weight excluding hydrogens is 450 g/mol. The predicted molar refractivity (Wildman–Crippen MR) is 137 cm³/mol. The van der Waals surface area contributed by atoms with Crippen LogP contribution in [0.4, 0.5) is 4.79 Å². The highest BCUT2D eigenvalue weighted by molar-refractivity contribution is 6.30. The number of piperidine rings is 1. The Labute approximate surface area is 209 Å². The lowest BCUT2D eigenvalue weighted by Crippen LogP contribution is -2.57. The number of likely N-dealkylation sites (tertiary alicyclic amines) is 1. The van der Waals surface area contributed by atoms with Crippen molar-refractivity contribution in [2.75, 3.05) is 13.1 Å². The van der Waals surface area contributed by atoms with Crippen LogP contribution in [0, 0.1) is 11.3 Å². The first-order valence-electron chi connectivity index (χ1n) is 12.8. The third-order valence-corrected chi connectivity index (χ3v) is 7.93. The van der Waals surface area contributed by atoms with Crippen LogP contribution < -0.4 is 11.1 Å². The van der Waals surface area contributed by atoms with Gasteiger partial charge in [-0.15, -0.1) is 0 Å². The molecule has 3 N–H and O–H groups in total. The minimum atomic E-state index is -0.700. The van der Waals surface area contributed by atoms with Gasteiger partial charge in [0, 0.05) is 30.6 Å². The van der Waals surface area contributed by atoms with Crippen LogP contribution in [0.15, 0.2) is 24.3 Å². The summed E-state index contributed by atoms with van der Waals surface area (Å²) in [5, 5.41) is 3.47. The summed E-state index contributed by atoms with van der Waals surface area (Å²) in [6.45, 7) is 8.91. The van der Waals surface area contributed by atoms with Crippen LogP contribution in [-0.4, -0.2) is 47.7 Å². The smallest absolute Gasteiger partial charge is 0.408 e. The molecule has 1 aliphatic heterocycles. The lowest BCUT2D eigenvalue weighted by atomic mass is 9.60. The fourth-order valence-electron chi connectivity index (χ4n) is 5.78. The zero-order chi connectivity index (χ0) is 24.9. The molecule has 0 radical (unpaired) electrons. The highest BCUT2D eigenvalue weighted by atomic mass is 35.5. The number of halogens is 1. The van der Waals surface area contributed by atoms with Gasteiger partial charge >= 0.3 is 6.09 Å². The van der Waals surface area contributed by atoms with Crippen molar-refractivity contribution in [2.24, 2.45) is 17.1 Å². The van der Waals surface area contributed by atoms with Crippen LogP contribution in [0.2, 0.25) is 5.02 Å². The minimum absolute atomic E-state index is 0.0669. The number of ether oxygens (including phenoxy) is 1. The summed E-state index contributed by atoms with van der Waals surface area (Å²) in [6.07, 6.45) is 8.01. The van der Waals surface area contributed by atoms with Crippen molar-refractivity contribution in [1.82, 2.24) is 10.2 Å². The molecule has 7 heteroatoms. The summed E-state index contributed by atoms with van der Waals surface area (Å²) in [7, 11) is 0. The monoisotopic (exact) mass is 491 g/mol. The Morgan fingerprint density at radius 2 is 1.74 bits per heavy atom. The largest absolute Gasteiger partial charge is 0.444 e. The van der Waals surface area contributed by atoms with Gasteiger partial charge in [0.15, 0.2) is 0 Å². The maximum absolute atomic E-state index is 13.6. The molecule has 1 heterocycles. The van der Waals surface area contributed by atoms with E-state index in [1.54, 1.807) is 12.1 Å². The van der Waals surface area contributed by atoms with Gasteiger partial charge in [0.1, 0.15) is 11.6 Å². The summed E-state index contributed by atoms with van der Waals surface area (Å²) >= 11 is 6.03. The van der Waals surface area contributed by atoms with Crippen LogP contribution in [0.5, 0.6) is 0 Å². The molecule has 2 aliphatic rings. The zero-order valence-corrected chi connectivity index (χ0v) is 22.0. The molecule has 1 aromatic carbocycles. The predicted octanol–water partition coefficient (Wildman–Crippen LogP) is 5.31. The van der Waals surface area contributed by atoms with E-state index in [1.165, 1.54) is 32.1 Å². The summed E-state index contributed by atoms with van der Waals surface area (Å²) in [4.78, 5) is 28.1. The molecular formula is C27H42ClN3O3. The number of carbonyl (C=O) groups is 2. The quantitative estimate of drug-likeness (QED) is 0.564. The second kappa shape index (κ2) is 11.3. The molecule has 0 spiro atoms. The first kappa shape index (κ1) is 26.8. The van der Waals surface area contributed by atoms with E-state index in [9.17, 15) is 9.59 Å². The van der Waals surface area contributed by atoms with Crippen LogP contribution in [-0.2, 0) is 16.0 Å². The highest BCUT2D eigenvalue weighted by Crippen LogP contribution is 2.47. The second-order valence-electron chi connectivity index (χ2n) is 11.2. The molecule has 3 rings (SSSR count). The molecule has 1 saturated heterocycles. The number of nitrogens with two attached hydrogens (primary N) is 1. The lowest BCUT2D eigenvalue weighted by Gasteiger charge is -2.50. The van der Waals surface area contributed by atoms with E-state index in [0.29, 0.717) is 30.5 Å². The molecule has 190 valence electrons. The normalized spacial score (nSPS) is 20.9. The van der Waals surface area contributed by atoms with Crippen molar-refractivity contribution >= 4 is 23.6 Å². The summed E-state index contributed by atoms with van der Waals surface area (Å²) < 4.78 is 5.45. The number of hydrogen-bond acceptors (Lipinski definition) is 4. The number of rotatable bonds is 6. The first-order chi connectivity index (χ1) is 16.0. The van der Waals surface area contributed by atoms with E-state index < -0.39 is 17.7 Å². The third-order valence-electron chi connectivity index (χ3n) is 7.67. The number of nitrogens with zero attached hydrogens (tertiary/aromatic N) is 1. The number of amides is 2. The minimum Gasteiger partial charge on any atom is -0.444 e. The zero-order valence-electron chi connectivity index (χ0n) is 21.2. The van der Waals surface area contributed by atoms with Crippen molar-refractivity contribution in [3.05, 3.63) is 34.9 Å². The molecule has 34 heavy (non-hydrogen) atoms. The Morgan fingerprint density at radius 3 is 2.26 bits per heavy atom. The molecule has 2 fully saturated rings. The van der Waals surface area contributed by atoms with E-state index in [-0.39, 0.29) is 17.4 Å². The van der Waals surface area contributed by atoms with Gasteiger partial charge in [0.2, 0.25) is 5.91 Å². The van der Waals surface area contributed by atoms with Gasteiger partial charge in [-0.25, -0.2) is 4.79 Å². The van der Waals surface area contributed by atoms with E-state index in [1.807, 2.05) is 37.8 Å². The molecule has 0 aromatic heterocycles. The van der Waals surface area contributed by atoms with Gasteiger partial charge in [-0.2, -0.15) is 0 Å². The summed E-state index contributed by atoms with van der Waals surface area (Å²) in [5.74, 6) is 0.575. The third kappa shape index (κ3) is 6.88. The molecule has 0 bridgehead atoms. The van der Waals surface area contributed by atoms with E-state index >= 15 is 0 Å². The topological polar surface area (TPSA) is 84.7 Å². The van der Waals surface area contributed by atoms with Crippen LogP contribution in [0.3, 0.4) is 0 Å². The van der Waals surface area contributed by atoms with Crippen LogP contribution in [0.1, 0.15) is 78.2 Å². The molecule has 1 saturated carbocycles. The summed E-state index contributed by atoms with van der Waals surface area (Å²) in [6, 6.07) is 6.78. The Kier molecular flexibility index (Phi) is 8.91. The highest BCUT2D eigenvalue weighted by Gasteiger charge is 2.45. The van der Waals surface area contributed by atoms with Crippen molar-refractivity contribution in [3.8, 4) is 0 Å². The van der Waals surface area contributed by atoms with Gasteiger partial charge in [-0.3, -0.25) is 4.79 Å². The molecule has 2 amide bonds. The average Bonchev–Trinajstić information content (AvgIpc) is 2.79. The fourth-order valence-corrected chi connectivity index (χ4v) is 5.91. The standard InChI is InChI=1S/C27H42ClN3O3/c1-19(29)27(21-8-6-5-7-9-21)14-16-31(17-15-27)24(32)23(30-25(33)34-26(2,3)4)18-20-10-12-22(28)13-11-20/h10-13,19,21,23H,5-9,14-18,29H2,1-4H3,(H,30,33). The average molecular weight is 492 g/mol. The van der Waals surface area contributed by atoms with E-state index in [2.05, 4.69) is 12.2 Å². The van der Waals surface area contributed by atoms with Crippen molar-refractivity contribution < 1.29 is 14.3 Å². The van der Waals surface area contributed by atoms with Crippen molar-refractivity contribution in [2.45, 2.75) is 96.7 Å². The number of alkyl carbamates (subject to hydrolysis) is 1. The fraction of sp³-hybridized carbons (Fsp3) is 0.704. The maximum atomic E-state index is 13.6. The number of nitrogens with one attached hydrogen (secondary N) is 1. The molecule has 6 nitrogen and oxygen atoms in total. The molecule has 2 atom stereocenters. The number of benzene rings is 1. The van der Waals surface area contributed by atoms with Crippen LogP contribution >= 0.6 is 11.6 Å². The van der Waals surface area contributed by atoms with E-state index in [4.69, 9.17) is 22.1 Å². The van der Waals surface area contributed by atoms with Gasteiger partial charge < -0.3 is 20.7 Å². The number of hydrogen-bond donors (Lipinski definition) is 2. The van der Waals surface area contributed by atoms with E-state index in [0.717, 1.165) is 18.4 Å². The van der Waals surface area contributed by atoms with Crippen molar-refractivity contribution in [1.29, 1.82) is 0 Å². The maximum Gasteiger partial charge on any atom is 0.408 e. The lowest BCUT2D eigenvalue weighted by molar-refractivity contribution is -0.137. The van der Waals surface area contributed by atoms with Gasteiger partial charge in [-0.1, -0.05) is 43.0 Å². The van der Waals surface area contributed by atoms with Crippen LogP contribution in [0.25, 0.3) is 0 Å². The summed E-state index contributed by atoms with van der Waals surface area (Å²) in [5.41, 5.74) is 6.96. The SMILES string of the molecule is CC(N)C1(C2CCCCC2)CCN(C(=O)C(Cc2ccc(Cl)cc2)NC(=O)OC(C)(C)C)CC1. The Bertz CT molecular complexity index is 821.